The van der Waals surface area contributed by atoms with Crippen molar-refractivity contribution in [3.05, 3.63) is 29.6 Å². The molecule has 1 aromatic rings. The number of carboxylic acid groups (broad SMARTS) is 1. The monoisotopic (exact) mass is 297 g/mol. The van der Waals surface area contributed by atoms with Crippen LogP contribution >= 0.6 is 0 Å². The molecule has 0 fully saturated rings. The normalized spacial score (nSPS) is 10.5. The number of aromatic carboxylic acids is 1. The number of amides is 2. The number of carboxylic acids is 1. The van der Waals surface area contributed by atoms with Gasteiger partial charge in [-0.15, -0.1) is 0 Å². The topological polar surface area (TPSA) is 81.7 Å². The summed E-state index contributed by atoms with van der Waals surface area (Å²) in [5.74, 6) is -2.00. The SMILES string of the molecule is CCN(CC)CCNC(=O)Nc1ccc(C(=O)O)cc1F. The van der Waals surface area contributed by atoms with Gasteiger partial charge in [0, 0.05) is 13.1 Å². The number of benzene rings is 1. The Kier molecular flexibility index (Phi) is 6.61. The molecule has 0 saturated heterocycles. The van der Waals surface area contributed by atoms with Crippen molar-refractivity contribution in [2.45, 2.75) is 13.8 Å². The van der Waals surface area contributed by atoms with Crippen LogP contribution in [0.5, 0.6) is 0 Å². The minimum absolute atomic E-state index is 0.0552. The second kappa shape index (κ2) is 8.21. The second-order valence-electron chi connectivity index (χ2n) is 4.41. The minimum atomic E-state index is -1.22. The van der Waals surface area contributed by atoms with Crippen LogP contribution in [0.4, 0.5) is 14.9 Å². The van der Waals surface area contributed by atoms with Gasteiger partial charge in [-0.25, -0.2) is 14.0 Å². The van der Waals surface area contributed by atoms with E-state index in [0.717, 1.165) is 19.2 Å². The van der Waals surface area contributed by atoms with Crippen LogP contribution in [0.1, 0.15) is 24.2 Å². The highest BCUT2D eigenvalue weighted by Gasteiger charge is 2.10. The first kappa shape index (κ1) is 16.9. The van der Waals surface area contributed by atoms with Crippen molar-refractivity contribution in [3.63, 3.8) is 0 Å². The molecule has 116 valence electrons. The van der Waals surface area contributed by atoms with Gasteiger partial charge in [0.25, 0.3) is 0 Å². The highest BCUT2D eigenvalue weighted by molar-refractivity contribution is 5.91. The Morgan fingerprint density at radius 1 is 1.29 bits per heavy atom. The Balaban J connectivity index is 2.50. The maximum absolute atomic E-state index is 13.6. The standard InChI is InChI=1S/C14H20FN3O3/c1-3-18(4-2)8-7-16-14(21)17-12-6-5-10(13(19)20)9-11(12)15/h5-6,9H,3-4,7-8H2,1-2H3,(H,19,20)(H2,16,17,21). The van der Waals surface area contributed by atoms with Crippen molar-refractivity contribution in [1.29, 1.82) is 0 Å². The highest BCUT2D eigenvalue weighted by atomic mass is 19.1. The number of halogens is 1. The molecule has 0 unspecified atom stereocenters. The molecule has 0 aromatic heterocycles. The quantitative estimate of drug-likeness (QED) is 0.719. The summed E-state index contributed by atoms with van der Waals surface area (Å²) in [5.41, 5.74) is -0.222. The summed E-state index contributed by atoms with van der Waals surface area (Å²) in [4.78, 5) is 24.4. The van der Waals surface area contributed by atoms with Gasteiger partial charge < -0.3 is 20.6 Å². The number of anilines is 1. The van der Waals surface area contributed by atoms with E-state index in [9.17, 15) is 14.0 Å². The summed E-state index contributed by atoms with van der Waals surface area (Å²) < 4.78 is 13.6. The Morgan fingerprint density at radius 3 is 2.48 bits per heavy atom. The van der Waals surface area contributed by atoms with Crippen molar-refractivity contribution in [2.75, 3.05) is 31.5 Å². The summed E-state index contributed by atoms with van der Waals surface area (Å²) in [6.45, 7) is 7.01. The van der Waals surface area contributed by atoms with Crippen LogP contribution in [0.3, 0.4) is 0 Å². The molecule has 0 radical (unpaired) electrons. The van der Waals surface area contributed by atoms with Gasteiger partial charge in [0.05, 0.1) is 11.3 Å². The number of hydrogen-bond donors (Lipinski definition) is 3. The van der Waals surface area contributed by atoms with E-state index in [2.05, 4.69) is 15.5 Å². The lowest BCUT2D eigenvalue weighted by Crippen LogP contribution is -2.37. The first-order valence-electron chi connectivity index (χ1n) is 6.78. The number of rotatable bonds is 7. The summed E-state index contributed by atoms with van der Waals surface area (Å²) in [7, 11) is 0. The number of hydrogen-bond acceptors (Lipinski definition) is 3. The molecule has 0 bridgehead atoms. The number of urea groups is 1. The average Bonchev–Trinajstić information content (AvgIpc) is 2.45. The van der Waals surface area contributed by atoms with Gasteiger partial charge >= 0.3 is 12.0 Å². The number of nitrogens with zero attached hydrogens (tertiary/aromatic N) is 1. The number of carbonyl (C=O) groups is 2. The Hall–Kier alpha value is -2.15. The van der Waals surface area contributed by atoms with E-state index < -0.39 is 17.8 Å². The van der Waals surface area contributed by atoms with E-state index in [1.165, 1.54) is 12.1 Å². The van der Waals surface area contributed by atoms with Crippen LogP contribution < -0.4 is 10.6 Å². The third-order valence-corrected chi connectivity index (χ3v) is 3.07. The molecule has 6 nitrogen and oxygen atoms in total. The molecular weight excluding hydrogens is 277 g/mol. The lowest BCUT2D eigenvalue weighted by Gasteiger charge is -2.18. The van der Waals surface area contributed by atoms with Crippen molar-refractivity contribution in [3.8, 4) is 0 Å². The molecule has 3 N–H and O–H groups in total. The van der Waals surface area contributed by atoms with Gasteiger partial charge in [0.2, 0.25) is 0 Å². The van der Waals surface area contributed by atoms with E-state index in [4.69, 9.17) is 5.11 Å². The Morgan fingerprint density at radius 2 is 1.95 bits per heavy atom. The van der Waals surface area contributed by atoms with Crippen LogP contribution in [0.15, 0.2) is 18.2 Å². The van der Waals surface area contributed by atoms with Crippen molar-refractivity contribution < 1.29 is 19.1 Å². The molecular formula is C14H20FN3O3. The Bertz CT molecular complexity index is 504. The fraction of sp³-hybridized carbons (Fsp3) is 0.429. The lowest BCUT2D eigenvalue weighted by atomic mass is 10.2. The molecule has 0 atom stereocenters. The Labute approximate surface area is 122 Å². The molecule has 2 amide bonds. The van der Waals surface area contributed by atoms with E-state index in [0.29, 0.717) is 13.1 Å². The molecule has 0 spiro atoms. The molecule has 1 rings (SSSR count). The van der Waals surface area contributed by atoms with Crippen LogP contribution in [0.25, 0.3) is 0 Å². The van der Waals surface area contributed by atoms with Crippen molar-refractivity contribution in [2.24, 2.45) is 0 Å². The van der Waals surface area contributed by atoms with Gasteiger partial charge in [-0.2, -0.15) is 0 Å². The van der Waals surface area contributed by atoms with Gasteiger partial charge in [-0.3, -0.25) is 0 Å². The van der Waals surface area contributed by atoms with E-state index in [1.54, 1.807) is 0 Å². The summed E-state index contributed by atoms with van der Waals surface area (Å²) in [5, 5.41) is 13.7. The second-order valence-corrected chi connectivity index (χ2v) is 4.41. The maximum atomic E-state index is 13.6. The molecule has 0 aliphatic heterocycles. The average molecular weight is 297 g/mol. The number of likely N-dealkylation sites (N-methyl/N-ethyl adjacent to an activating group) is 1. The van der Waals surface area contributed by atoms with Crippen molar-refractivity contribution >= 4 is 17.7 Å². The third kappa shape index (κ3) is 5.39. The highest BCUT2D eigenvalue weighted by Crippen LogP contribution is 2.15. The van der Waals surface area contributed by atoms with Crippen LogP contribution in [0, 0.1) is 5.82 Å². The van der Waals surface area contributed by atoms with Gasteiger partial charge in [-0.05, 0) is 31.3 Å². The zero-order valence-corrected chi connectivity index (χ0v) is 12.1. The molecule has 1 aromatic carbocycles. The molecule has 0 saturated carbocycles. The largest absolute Gasteiger partial charge is 0.478 e. The predicted molar refractivity (Wildman–Crippen MR) is 78.2 cm³/mol. The number of carbonyl (C=O) groups excluding carboxylic acids is 1. The first-order chi connectivity index (χ1) is 9.97. The van der Waals surface area contributed by atoms with Gasteiger partial charge in [0.1, 0.15) is 5.82 Å². The van der Waals surface area contributed by atoms with E-state index in [-0.39, 0.29) is 11.3 Å². The fourth-order valence-corrected chi connectivity index (χ4v) is 1.78. The molecule has 0 aliphatic carbocycles. The fourth-order valence-electron chi connectivity index (χ4n) is 1.78. The number of nitrogens with one attached hydrogen (secondary N) is 2. The van der Waals surface area contributed by atoms with E-state index in [1.807, 2.05) is 13.8 Å². The maximum Gasteiger partial charge on any atom is 0.335 e. The zero-order valence-electron chi connectivity index (χ0n) is 12.1. The van der Waals surface area contributed by atoms with Crippen LogP contribution in [0.2, 0.25) is 0 Å². The smallest absolute Gasteiger partial charge is 0.335 e. The van der Waals surface area contributed by atoms with Crippen molar-refractivity contribution in [1.82, 2.24) is 10.2 Å². The first-order valence-corrected chi connectivity index (χ1v) is 6.78. The predicted octanol–water partition coefficient (Wildman–Crippen LogP) is 1.99. The third-order valence-electron chi connectivity index (χ3n) is 3.07. The molecule has 21 heavy (non-hydrogen) atoms. The zero-order chi connectivity index (χ0) is 15.8. The lowest BCUT2D eigenvalue weighted by molar-refractivity contribution is 0.0696. The van der Waals surface area contributed by atoms with Gasteiger partial charge in [-0.1, -0.05) is 13.8 Å². The van der Waals surface area contributed by atoms with Crippen LogP contribution in [-0.4, -0.2) is 48.2 Å². The molecule has 0 aliphatic rings. The molecule has 7 heteroatoms. The minimum Gasteiger partial charge on any atom is -0.478 e. The van der Waals surface area contributed by atoms with Gasteiger partial charge in [0.15, 0.2) is 0 Å². The summed E-state index contributed by atoms with van der Waals surface area (Å²) in [6.07, 6.45) is 0. The van der Waals surface area contributed by atoms with Crippen LogP contribution in [-0.2, 0) is 0 Å². The summed E-state index contributed by atoms with van der Waals surface area (Å²) >= 11 is 0. The summed E-state index contributed by atoms with van der Waals surface area (Å²) in [6, 6.07) is 2.80. The van der Waals surface area contributed by atoms with E-state index >= 15 is 0 Å². The molecule has 0 heterocycles.